The van der Waals surface area contributed by atoms with Crippen molar-refractivity contribution in [1.29, 1.82) is 0 Å². The maximum atomic E-state index is 2.50. The van der Waals surface area contributed by atoms with Crippen molar-refractivity contribution in [2.45, 2.75) is 34.5 Å². The zero-order valence-corrected chi connectivity index (χ0v) is 10.4. The third-order valence-electron chi connectivity index (χ3n) is 1.38. The average Bonchev–Trinajstić information content (AvgIpc) is 1.65. The van der Waals surface area contributed by atoms with E-state index >= 15 is 0 Å². The molecule has 0 saturated carbocycles. The van der Waals surface area contributed by atoms with Crippen LogP contribution in [0.25, 0.3) is 0 Å². The molecule has 2 atom stereocenters. The molecule has 0 aliphatic heterocycles. The molecule has 0 aromatic carbocycles. The minimum absolute atomic E-state index is 0.382. The van der Waals surface area contributed by atoms with E-state index in [1.54, 1.807) is 0 Å². The molecule has 55 valence electrons. The molecule has 0 spiro atoms. The van der Waals surface area contributed by atoms with Crippen molar-refractivity contribution in [2.24, 2.45) is 0 Å². The number of hydrogen-bond donors (Lipinski definition) is 0. The average molecular weight is 351 g/mol. The first-order valence-electron chi connectivity index (χ1n) is 3.18. The van der Waals surface area contributed by atoms with E-state index in [0.717, 1.165) is 3.92 Å². The van der Waals surface area contributed by atoms with Crippen molar-refractivity contribution in [3.63, 3.8) is 0 Å². The molecule has 0 heterocycles. The lowest BCUT2D eigenvalue weighted by molar-refractivity contribution is 0.744. The molecule has 0 fully saturated rings. The molecule has 0 aliphatic carbocycles. The highest BCUT2D eigenvalue weighted by Crippen LogP contribution is 2.31. The molecule has 0 nitrogen and oxygen atoms in total. The molecule has 0 aromatic rings. The van der Waals surface area contributed by atoms with Crippen molar-refractivity contribution in [3.05, 3.63) is 6.42 Å². The van der Waals surface area contributed by atoms with Crippen LogP contribution in [-0.2, 0) is 0 Å². The van der Waals surface area contributed by atoms with Gasteiger partial charge in [-0.05, 0) is 13.3 Å². The van der Waals surface area contributed by atoms with E-state index in [-0.39, 0.29) is 0 Å². The van der Waals surface area contributed by atoms with Crippen molar-refractivity contribution >= 4 is 45.2 Å². The molecule has 0 aromatic heterocycles. The van der Waals surface area contributed by atoms with Crippen molar-refractivity contribution in [1.82, 2.24) is 0 Å². The summed E-state index contributed by atoms with van der Waals surface area (Å²) in [6.45, 7) is 6.71. The Balaban J connectivity index is 3.70. The molecule has 2 heteroatoms. The lowest BCUT2D eigenvalue weighted by atomic mass is 10.0. The summed E-state index contributed by atoms with van der Waals surface area (Å²) in [4.78, 5) is 0. The third kappa shape index (κ3) is 4.01. The fourth-order valence-electron chi connectivity index (χ4n) is 0.562. The fourth-order valence-corrected chi connectivity index (χ4v) is 1.26. The van der Waals surface area contributed by atoms with Crippen LogP contribution in [0.4, 0.5) is 0 Å². The van der Waals surface area contributed by atoms with Gasteiger partial charge in [-0.1, -0.05) is 65.5 Å². The Bertz CT molecular complexity index is 77.0. The van der Waals surface area contributed by atoms with Gasteiger partial charge in [0.15, 0.2) is 0 Å². The van der Waals surface area contributed by atoms with Gasteiger partial charge in [0.1, 0.15) is 0 Å². The van der Waals surface area contributed by atoms with Crippen LogP contribution >= 0.6 is 45.2 Å². The second-order valence-electron chi connectivity index (χ2n) is 2.38. The molecule has 0 aliphatic rings. The van der Waals surface area contributed by atoms with Crippen LogP contribution in [0.2, 0.25) is 0 Å². The van der Waals surface area contributed by atoms with Gasteiger partial charge in [0.25, 0.3) is 0 Å². The van der Waals surface area contributed by atoms with Gasteiger partial charge >= 0.3 is 0 Å². The smallest absolute Gasteiger partial charge is 0.0340 e. The van der Waals surface area contributed by atoms with Crippen LogP contribution in [0.15, 0.2) is 0 Å². The number of rotatable bonds is 3. The minimum Gasteiger partial charge on any atom is -0.0815 e. The lowest BCUT2D eigenvalue weighted by Crippen LogP contribution is -2.25. The first-order chi connectivity index (χ1) is 4.00. The van der Waals surface area contributed by atoms with Crippen LogP contribution in [0.3, 0.4) is 0 Å². The number of hydrogen-bond acceptors (Lipinski definition) is 0. The minimum atomic E-state index is 0.382. The Hall–Kier alpha value is 1.46. The molecule has 0 rings (SSSR count). The van der Waals surface area contributed by atoms with E-state index in [0.29, 0.717) is 3.42 Å². The molecule has 9 heavy (non-hydrogen) atoms. The molecule has 0 amide bonds. The SMILES string of the molecule is CC[CH]C(C)(I)C(C)I. The van der Waals surface area contributed by atoms with E-state index < -0.39 is 0 Å². The quantitative estimate of drug-likeness (QED) is 0.538. The van der Waals surface area contributed by atoms with Crippen molar-refractivity contribution < 1.29 is 0 Å². The number of alkyl halides is 2. The van der Waals surface area contributed by atoms with Gasteiger partial charge in [-0.3, -0.25) is 0 Å². The predicted molar refractivity (Wildman–Crippen MR) is 60.5 cm³/mol. The largest absolute Gasteiger partial charge is 0.0815 e. The van der Waals surface area contributed by atoms with Gasteiger partial charge in [-0.25, -0.2) is 0 Å². The zero-order valence-electron chi connectivity index (χ0n) is 6.12. The Morgan fingerprint density at radius 1 is 1.67 bits per heavy atom. The highest BCUT2D eigenvalue weighted by Gasteiger charge is 2.24. The Labute approximate surface area is 85.5 Å². The summed E-state index contributed by atoms with van der Waals surface area (Å²) in [7, 11) is 0. The van der Waals surface area contributed by atoms with Crippen molar-refractivity contribution in [3.8, 4) is 0 Å². The summed E-state index contributed by atoms with van der Waals surface area (Å²) in [5.41, 5.74) is 0. The highest BCUT2D eigenvalue weighted by atomic mass is 127. The summed E-state index contributed by atoms with van der Waals surface area (Å²) in [6, 6.07) is 0. The molecule has 0 saturated heterocycles. The summed E-state index contributed by atoms with van der Waals surface area (Å²) in [6.07, 6.45) is 3.54. The highest BCUT2D eigenvalue weighted by molar-refractivity contribution is 14.1. The maximum absolute atomic E-state index is 2.50. The first kappa shape index (κ1) is 10.5. The second-order valence-corrected chi connectivity index (χ2v) is 6.57. The molecule has 0 bridgehead atoms. The van der Waals surface area contributed by atoms with E-state index in [4.69, 9.17) is 0 Å². The topological polar surface area (TPSA) is 0 Å². The monoisotopic (exact) mass is 351 g/mol. The standard InChI is InChI=1S/C7H13I2/c1-4-5-7(3,9)6(2)8/h5-6H,4H2,1-3H3. The van der Waals surface area contributed by atoms with E-state index in [2.05, 4.69) is 72.4 Å². The molecular formula is C7H13I2. The van der Waals surface area contributed by atoms with Gasteiger partial charge < -0.3 is 0 Å². The zero-order chi connectivity index (χ0) is 7.49. The van der Waals surface area contributed by atoms with E-state index in [1.807, 2.05) is 0 Å². The van der Waals surface area contributed by atoms with Gasteiger partial charge in [0.05, 0.1) is 0 Å². The maximum Gasteiger partial charge on any atom is 0.0340 e. The first-order valence-corrected chi connectivity index (χ1v) is 5.50. The van der Waals surface area contributed by atoms with Crippen LogP contribution in [-0.4, -0.2) is 7.35 Å². The summed E-state index contributed by atoms with van der Waals surface area (Å²) >= 11 is 4.97. The summed E-state index contributed by atoms with van der Waals surface area (Å²) in [5.74, 6) is 0. The number of halogens is 2. The normalized spacial score (nSPS) is 21.0. The van der Waals surface area contributed by atoms with Crippen LogP contribution in [0.5, 0.6) is 0 Å². The van der Waals surface area contributed by atoms with Gasteiger partial charge in [-0.15, -0.1) is 0 Å². The van der Waals surface area contributed by atoms with E-state index in [1.165, 1.54) is 6.42 Å². The predicted octanol–water partition coefficient (Wildman–Crippen LogP) is 3.62. The van der Waals surface area contributed by atoms with Gasteiger partial charge in [0.2, 0.25) is 0 Å². The Morgan fingerprint density at radius 2 is 2.11 bits per heavy atom. The van der Waals surface area contributed by atoms with Crippen LogP contribution in [0.1, 0.15) is 27.2 Å². The third-order valence-corrected chi connectivity index (χ3v) is 5.24. The molecule has 1 radical (unpaired) electrons. The Morgan fingerprint density at radius 3 is 2.22 bits per heavy atom. The summed E-state index contributed by atoms with van der Waals surface area (Å²) in [5, 5.41) is 0. The van der Waals surface area contributed by atoms with Gasteiger partial charge in [-0.2, -0.15) is 0 Å². The second kappa shape index (κ2) is 4.36. The lowest BCUT2D eigenvalue weighted by Gasteiger charge is -2.24. The van der Waals surface area contributed by atoms with Crippen LogP contribution in [0, 0.1) is 6.42 Å². The molecule has 2 unspecified atom stereocenters. The molecule has 0 N–H and O–H groups in total. The van der Waals surface area contributed by atoms with Gasteiger partial charge in [0, 0.05) is 7.35 Å². The molecular weight excluding hydrogens is 338 g/mol. The summed E-state index contributed by atoms with van der Waals surface area (Å²) < 4.78 is 1.10. The van der Waals surface area contributed by atoms with E-state index in [9.17, 15) is 0 Å². The van der Waals surface area contributed by atoms with Crippen molar-refractivity contribution in [2.75, 3.05) is 0 Å². The Kier molecular flexibility index (Phi) is 5.07. The fraction of sp³-hybridized carbons (Fsp3) is 0.857. The van der Waals surface area contributed by atoms with Crippen LogP contribution < -0.4 is 0 Å².